The number of rotatable bonds is 5. The first-order valence-electron chi connectivity index (χ1n) is 11.9. The monoisotopic (exact) mass is 486 g/mol. The van der Waals surface area contributed by atoms with Crippen LogP contribution >= 0.6 is 0 Å². The van der Waals surface area contributed by atoms with Crippen molar-refractivity contribution in [3.8, 4) is 22.8 Å². The van der Waals surface area contributed by atoms with Crippen LogP contribution in [0.15, 0.2) is 55.0 Å². The van der Waals surface area contributed by atoms with E-state index in [1.165, 1.54) is 0 Å². The van der Waals surface area contributed by atoms with E-state index in [1.807, 2.05) is 53.2 Å². The lowest BCUT2D eigenvalue weighted by molar-refractivity contribution is 0.0957. The molecule has 10 nitrogen and oxygen atoms in total. The number of anilines is 3. The predicted molar refractivity (Wildman–Crippen MR) is 136 cm³/mol. The van der Waals surface area contributed by atoms with Gasteiger partial charge in [0.1, 0.15) is 18.1 Å². The summed E-state index contributed by atoms with van der Waals surface area (Å²) in [5, 5.41) is 6.26. The van der Waals surface area contributed by atoms with Crippen molar-refractivity contribution in [2.75, 3.05) is 56.8 Å². The van der Waals surface area contributed by atoms with Gasteiger partial charge in [-0.2, -0.15) is 0 Å². The van der Waals surface area contributed by atoms with Gasteiger partial charge in [-0.05, 0) is 30.3 Å². The number of ether oxygens (including phenoxy) is 3. The average molecular weight is 487 g/mol. The molecule has 2 aromatic heterocycles. The highest BCUT2D eigenvalue weighted by atomic mass is 16.5. The third-order valence-corrected chi connectivity index (χ3v) is 6.33. The van der Waals surface area contributed by atoms with Gasteiger partial charge in [0.15, 0.2) is 11.5 Å². The van der Waals surface area contributed by atoms with Crippen LogP contribution in [0.5, 0.6) is 11.5 Å². The standard InChI is InChI=1S/C26H26N6O4/c1-34-23-15-18(3-4-21(23)31-9-12-35-13-10-31)29-24-25-27-6-8-32(25)16-20(30-24)17-2-5-22-19(14-17)26(33)28-7-11-36-22/h2-6,8,14-16H,7,9-13H2,1H3,(H,28,33)(H,29,30). The van der Waals surface area contributed by atoms with Crippen molar-refractivity contribution >= 4 is 28.7 Å². The van der Waals surface area contributed by atoms with E-state index in [4.69, 9.17) is 19.2 Å². The van der Waals surface area contributed by atoms with E-state index < -0.39 is 0 Å². The van der Waals surface area contributed by atoms with Crippen LogP contribution < -0.4 is 25.0 Å². The number of hydrogen-bond donors (Lipinski definition) is 2. The highest BCUT2D eigenvalue weighted by molar-refractivity contribution is 5.98. The summed E-state index contributed by atoms with van der Waals surface area (Å²) in [7, 11) is 1.67. The summed E-state index contributed by atoms with van der Waals surface area (Å²) in [6, 6.07) is 11.5. The first-order valence-corrected chi connectivity index (χ1v) is 11.9. The quantitative estimate of drug-likeness (QED) is 0.444. The van der Waals surface area contributed by atoms with Crippen LogP contribution in [0.4, 0.5) is 17.2 Å². The molecule has 6 rings (SSSR count). The molecule has 2 aliphatic heterocycles. The molecule has 0 radical (unpaired) electrons. The predicted octanol–water partition coefficient (Wildman–Crippen LogP) is 3.11. The summed E-state index contributed by atoms with van der Waals surface area (Å²) >= 11 is 0. The number of hydrogen-bond acceptors (Lipinski definition) is 8. The van der Waals surface area contributed by atoms with Crippen molar-refractivity contribution in [3.63, 3.8) is 0 Å². The Labute approximate surface area is 207 Å². The molecular formula is C26H26N6O4. The smallest absolute Gasteiger partial charge is 0.255 e. The number of nitrogens with one attached hydrogen (secondary N) is 2. The molecule has 0 aliphatic carbocycles. The molecular weight excluding hydrogens is 460 g/mol. The highest BCUT2D eigenvalue weighted by Crippen LogP contribution is 2.34. The van der Waals surface area contributed by atoms with Crippen molar-refractivity contribution in [3.05, 3.63) is 60.6 Å². The molecule has 4 aromatic rings. The number of aromatic nitrogens is 3. The van der Waals surface area contributed by atoms with Crippen molar-refractivity contribution in [2.45, 2.75) is 0 Å². The summed E-state index contributed by atoms with van der Waals surface area (Å²) in [6.07, 6.45) is 5.49. The number of fused-ring (bicyclic) bond motifs is 2. The van der Waals surface area contributed by atoms with Crippen LogP contribution in [0, 0.1) is 0 Å². The van der Waals surface area contributed by atoms with Gasteiger partial charge in [0, 0.05) is 49.0 Å². The maximum Gasteiger partial charge on any atom is 0.255 e. The van der Waals surface area contributed by atoms with Gasteiger partial charge >= 0.3 is 0 Å². The normalized spacial score (nSPS) is 15.6. The fraction of sp³-hybridized carbons (Fsp3) is 0.269. The Morgan fingerprint density at radius 2 is 2.00 bits per heavy atom. The van der Waals surface area contributed by atoms with Crippen molar-refractivity contribution in [1.29, 1.82) is 0 Å². The molecule has 10 heteroatoms. The number of benzene rings is 2. The molecule has 0 spiro atoms. The second-order valence-corrected chi connectivity index (χ2v) is 8.56. The zero-order valence-electron chi connectivity index (χ0n) is 19.9. The van der Waals surface area contributed by atoms with Gasteiger partial charge in [-0.15, -0.1) is 0 Å². The molecule has 1 amide bonds. The average Bonchev–Trinajstić information content (AvgIpc) is 3.33. The van der Waals surface area contributed by atoms with Gasteiger partial charge in [0.2, 0.25) is 0 Å². The lowest BCUT2D eigenvalue weighted by Crippen LogP contribution is -2.36. The van der Waals surface area contributed by atoms with Crippen molar-refractivity contribution in [2.24, 2.45) is 0 Å². The number of methoxy groups -OCH3 is 1. The number of amides is 1. The largest absolute Gasteiger partial charge is 0.495 e. The maximum absolute atomic E-state index is 12.5. The Morgan fingerprint density at radius 3 is 2.86 bits per heavy atom. The van der Waals surface area contributed by atoms with Crippen molar-refractivity contribution < 1.29 is 19.0 Å². The van der Waals surface area contributed by atoms with E-state index in [0.717, 1.165) is 35.8 Å². The highest BCUT2D eigenvalue weighted by Gasteiger charge is 2.19. The number of morpholine rings is 1. The summed E-state index contributed by atoms with van der Waals surface area (Å²) in [4.78, 5) is 24.1. The number of imidazole rings is 1. The second-order valence-electron chi connectivity index (χ2n) is 8.56. The molecule has 184 valence electrons. The van der Waals surface area contributed by atoms with Crippen molar-refractivity contribution in [1.82, 2.24) is 19.7 Å². The molecule has 4 heterocycles. The summed E-state index contributed by atoms with van der Waals surface area (Å²) < 4.78 is 18.8. The number of carbonyl (C=O) groups excluding carboxylic acids is 1. The van der Waals surface area contributed by atoms with Crippen LogP contribution in [-0.4, -0.2) is 66.8 Å². The van der Waals surface area contributed by atoms with Gasteiger partial charge < -0.3 is 34.1 Å². The maximum atomic E-state index is 12.5. The number of carbonyl (C=O) groups is 1. The Hall–Kier alpha value is -4.31. The molecule has 0 saturated carbocycles. The molecule has 36 heavy (non-hydrogen) atoms. The SMILES string of the molecule is COc1cc(Nc2nc(-c3ccc4c(c3)C(=O)NCCO4)cn3ccnc23)ccc1N1CCOCC1. The van der Waals surface area contributed by atoms with Crippen LogP contribution in [0.3, 0.4) is 0 Å². The van der Waals surface area contributed by atoms with E-state index in [0.29, 0.717) is 54.8 Å². The Balaban J connectivity index is 1.35. The van der Waals surface area contributed by atoms with Gasteiger partial charge in [-0.3, -0.25) is 4.79 Å². The molecule has 0 bridgehead atoms. The lowest BCUT2D eigenvalue weighted by atomic mass is 10.1. The van der Waals surface area contributed by atoms with E-state index in [1.54, 1.807) is 13.3 Å². The van der Waals surface area contributed by atoms with E-state index in [2.05, 4.69) is 20.5 Å². The first-order chi connectivity index (χ1) is 17.7. The molecule has 2 aromatic carbocycles. The zero-order chi connectivity index (χ0) is 24.5. The third-order valence-electron chi connectivity index (χ3n) is 6.33. The van der Waals surface area contributed by atoms with Gasteiger partial charge in [-0.25, -0.2) is 9.97 Å². The van der Waals surface area contributed by atoms with Crippen LogP contribution in [0.25, 0.3) is 16.9 Å². The Kier molecular flexibility index (Phi) is 5.78. The van der Waals surface area contributed by atoms with Crippen LogP contribution in [0.2, 0.25) is 0 Å². The summed E-state index contributed by atoms with van der Waals surface area (Å²) in [5.74, 6) is 1.78. The van der Waals surface area contributed by atoms with Gasteiger partial charge in [0.05, 0.1) is 43.8 Å². The molecule has 2 N–H and O–H groups in total. The summed E-state index contributed by atoms with van der Waals surface area (Å²) in [6.45, 7) is 3.97. The Morgan fingerprint density at radius 1 is 1.11 bits per heavy atom. The molecule has 0 atom stereocenters. The minimum atomic E-state index is -0.154. The molecule has 1 saturated heterocycles. The fourth-order valence-corrected chi connectivity index (χ4v) is 4.53. The first kappa shape index (κ1) is 22.2. The third kappa shape index (κ3) is 4.16. The van der Waals surface area contributed by atoms with Gasteiger partial charge in [0.25, 0.3) is 5.91 Å². The number of nitrogens with zero attached hydrogens (tertiary/aromatic N) is 4. The zero-order valence-corrected chi connectivity index (χ0v) is 19.9. The van der Waals surface area contributed by atoms with Crippen LogP contribution in [0.1, 0.15) is 10.4 Å². The second kappa shape index (κ2) is 9.38. The summed E-state index contributed by atoms with van der Waals surface area (Å²) in [5.41, 5.74) is 4.53. The Bertz CT molecular complexity index is 1430. The fourth-order valence-electron chi connectivity index (χ4n) is 4.53. The van der Waals surface area contributed by atoms with E-state index in [-0.39, 0.29) is 5.91 Å². The van der Waals surface area contributed by atoms with Crippen LogP contribution in [-0.2, 0) is 4.74 Å². The molecule has 2 aliphatic rings. The molecule has 0 unspecified atom stereocenters. The van der Waals surface area contributed by atoms with Gasteiger partial charge in [-0.1, -0.05) is 0 Å². The minimum absolute atomic E-state index is 0.154. The minimum Gasteiger partial charge on any atom is -0.495 e. The van der Waals surface area contributed by atoms with E-state index in [9.17, 15) is 4.79 Å². The van der Waals surface area contributed by atoms with E-state index >= 15 is 0 Å². The molecule has 1 fully saturated rings. The lowest BCUT2D eigenvalue weighted by Gasteiger charge is -2.30. The topological polar surface area (TPSA) is 102 Å².